The van der Waals surface area contributed by atoms with Crippen LogP contribution in [-0.4, -0.2) is 0 Å². The average molecular weight is 324 g/mol. The maximum Gasteiger partial charge on any atom is 2.00 e. The fourth-order valence-electron chi connectivity index (χ4n) is 1.79. The number of hydrogen-bond donors (Lipinski definition) is 0. The van der Waals surface area contributed by atoms with Crippen molar-refractivity contribution in [3.63, 3.8) is 0 Å². The van der Waals surface area contributed by atoms with E-state index in [2.05, 4.69) is 0 Å². The number of allylic oxidation sites excluding steroid dienone is 14. The molecule has 0 saturated carbocycles. The van der Waals surface area contributed by atoms with E-state index < -0.39 is 0 Å². The summed E-state index contributed by atoms with van der Waals surface area (Å²) in [6.07, 6.45) is 17.6. The molecule has 2 aliphatic rings. The van der Waals surface area contributed by atoms with Crippen molar-refractivity contribution >= 4 is 0 Å². The molecule has 2 rings (SSSR count). The van der Waals surface area contributed by atoms with Crippen molar-refractivity contribution in [1.29, 1.82) is 0 Å². The Hall–Kier alpha value is -1.70. The van der Waals surface area contributed by atoms with E-state index in [1.807, 2.05) is 62.5 Å². The maximum atomic E-state index is 10.9. The Kier molecular flexibility index (Phi) is 9.27. The first kappa shape index (κ1) is 19.3. The monoisotopic (exact) mass is 324 g/mol. The van der Waals surface area contributed by atoms with Crippen LogP contribution in [0.5, 0.6) is 0 Å². The van der Waals surface area contributed by atoms with Gasteiger partial charge < -0.3 is 10.2 Å². The van der Waals surface area contributed by atoms with Crippen molar-refractivity contribution in [2.75, 3.05) is 0 Å². The quantitative estimate of drug-likeness (QED) is 0.579. The van der Waals surface area contributed by atoms with Gasteiger partial charge in [0.1, 0.15) is 0 Å². The average Bonchev–Trinajstić information content (AvgIpc) is 3.10. The van der Waals surface area contributed by atoms with Gasteiger partial charge in [0.2, 0.25) is 0 Å². The van der Waals surface area contributed by atoms with Crippen LogP contribution in [0.1, 0.15) is 27.2 Å². The minimum atomic E-state index is 0. The van der Waals surface area contributed by atoms with Crippen LogP contribution >= 0.6 is 0 Å². The molecule has 0 fully saturated rings. The van der Waals surface area contributed by atoms with Gasteiger partial charge in [0.15, 0.2) is 0 Å². The molecule has 0 spiro atoms. The Labute approximate surface area is 137 Å². The van der Waals surface area contributed by atoms with Gasteiger partial charge in [-0.05, 0) is 30.1 Å². The standard InChI is InChI=1S/C10H12O.C8H10O.Fe/c1-8(7-9(2)11)10-5-3-4-6-10;1-2-8(9)7-5-3-4-6-7;/h3-7,11H,1-2H3;3-6,9H,2H2,1H3;/q;;+2/p-2. The van der Waals surface area contributed by atoms with Crippen LogP contribution in [0.4, 0.5) is 0 Å². The fraction of sp³-hybridized carbons (Fsp3) is 0.222. The fourth-order valence-corrected chi connectivity index (χ4v) is 1.79. The normalized spacial score (nSPS) is 14.9. The molecular formula is C18H20FeO2. The Balaban J connectivity index is 0.000000370. The smallest absolute Gasteiger partial charge is 0.876 e. The summed E-state index contributed by atoms with van der Waals surface area (Å²) in [5.41, 5.74) is 2.99. The van der Waals surface area contributed by atoms with Crippen molar-refractivity contribution in [1.82, 2.24) is 0 Å². The molecule has 0 aromatic carbocycles. The van der Waals surface area contributed by atoms with Gasteiger partial charge >= 0.3 is 17.1 Å². The van der Waals surface area contributed by atoms with Crippen molar-refractivity contribution < 1.29 is 27.3 Å². The molecule has 0 unspecified atom stereocenters. The van der Waals surface area contributed by atoms with E-state index in [-0.39, 0.29) is 28.6 Å². The molecule has 0 aromatic rings. The summed E-state index contributed by atoms with van der Waals surface area (Å²) in [5, 5.41) is 21.5. The summed E-state index contributed by atoms with van der Waals surface area (Å²) >= 11 is 0. The molecule has 0 N–H and O–H groups in total. The molecule has 2 nitrogen and oxygen atoms in total. The Bertz CT molecular complexity index is 524. The third kappa shape index (κ3) is 7.03. The molecule has 112 valence electrons. The van der Waals surface area contributed by atoms with E-state index in [0.29, 0.717) is 6.42 Å². The summed E-state index contributed by atoms with van der Waals surface area (Å²) < 4.78 is 0. The van der Waals surface area contributed by atoms with E-state index in [0.717, 1.165) is 16.7 Å². The summed E-state index contributed by atoms with van der Waals surface area (Å²) in [7, 11) is 0. The van der Waals surface area contributed by atoms with Crippen LogP contribution in [0.3, 0.4) is 0 Å². The molecule has 2 aliphatic carbocycles. The second-order valence-corrected chi connectivity index (χ2v) is 4.56. The zero-order chi connectivity index (χ0) is 15.0. The van der Waals surface area contributed by atoms with Crippen molar-refractivity contribution in [3.8, 4) is 0 Å². The second kappa shape index (κ2) is 10.1. The van der Waals surface area contributed by atoms with Crippen LogP contribution in [0.15, 0.2) is 82.9 Å². The van der Waals surface area contributed by atoms with Crippen molar-refractivity contribution in [2.24, 2.45) is 0 Å². The largest absolute Gasteiger partial charge is 2.00 e. The molecule has 0 heterocycles. The van der Waals surface area contributed by atoms with E-state index in [1.54, 1.807) is 13.0 Å². The predicted octanol–water partition coefficient (Wildman–Crippen LogP) is 2.83. The van der Waals surface area contributed by atoms with Crippen LogP contribution in [-0.2, 0) is 17.1 Å². The van der Waals surface area contributed by atoms with Crippen LogP contribution in [0.25, 0.3) is 0 Å². The Morgan fingerprint density at radius 1 is 0.905 bits per heavy atom. The van der Waals surface area contributed by atoms with Crippen LogP contribution in [0, 0.1) is 0 Å². The summed E-state index contributed by atoms with van der Waals surface area (Å²) in [6.45, 7) is 5.37. The van der Waals surface area contributed by atoms with Gasteiger partial charge in [-0.2, -0.15) is 0 Å². The van der Waals surface area contributed by atoms with E-state index >= 15 is 0 Å². The first-order chi connectivity index (χ1) is 9.54. The van der Waals surface area contributed by atoms with E-state index in [1.165, 1.54) is 0 Å². The van der Waals surface area contributed by atoms with Crippen LogP contribution < -0.4 is 10.2 Å². The van der Waals surface area contributed by atoms with Crippen molar-refractivity contribution in [3.05, 3.63) is 82.9 Å². The van der Waals surface area contributed by atoms with Gasteiger partial charge in [-0.3, -0.25) is 0 Å². The molecule has 0 aromatic heterocycles. The van der Waals surface area contributed by atoms with Gasteiger partial charge in [0.05, 0.1) is 0 Å². The van der Waals surface area contributed by atoms with E-state index in [9.17, 15) is 10.2 Å². The van der Waals surface area contributed by atoms with Gasteiger partial charge in [-0.25, -0.2) is 0 Å². The van der Waals surface area contributed by atoms with E-state index in [4.69, 9.17) is 0 Å². The van der Waals surface area contributed by atoms with Gasteiger partial charge in [-0.15, -0.1) is 11.5 Å². The number of rotatable bonds is 2. The maximum absolute atomic E-state index is 10.9. The molecule has 0 radical (unpaired) electrons. The molecule has 0 aliphatic heterocycles. The number of hydrogen-bond acceptors (Lipinski definition) is 2. The Morgan fingerprint density at radius 2 is 1.33 bits per heavy atom. The third-order valence-electron chi connectivity index (χ3n) is 2.84. The summed E-state index contributed by atoms with van der Waals surface area (Å²) in [5.74, 6) is 0.323. The molecule has 0 atom stereocenters. The Morgan fingerprint density at radius 3 is 1.71 bits per heavy atom. The van der Waals surface area contributed by atoms with Crippen LogP contribution in [0.2, 0.25) is 0 Å². The first-order valence-electron chi connectivity index (χ1n) is 6.70. The summed E-state index contributed by atoms with van der Waals surface area (Å²) in [4.78, 5) is 0. The summed E-state index contributed by atoms with van der Waals surface area (Å²) in [6, 6.07) is 0. The molecule has 0 bridgehead atoms. The van der Waals surface area contributed by atoms with Crippen molar-refractivity contribution in [2.45, 2.75) is 27.2 Å². The molecule has 0 saturated heterocycles. The molecule has 3 heteroatoms. The SMILES string of the molecule is CC([O-])=CC(C)=C1C=CC=C1.CCC([O-])=C1C=CC=C1.[Fe+2]. The van der Waals surface area contributed by atoms with Gasteiger partial charge in [-0.1, -0.05) is 68.5 Å². The second-order valence-electron chi connectivity index (χ2n) is 4.56. The molecule has 21 heavy (non-hydrogen) atoms. The minimum Gasteiger partial charge on any atom is -0.876 e. The van der Waals surface area contributed by atoms with Gasteiger partial charge in [0, 0.05) is 0 Å². The molecule has 0 amide bonds. The first-order valence-corrected chi connectivity index (χ1v) is 6.70. The molecular weight excluding hydrogens is 304 g/mol. The topological polar surface area (TPSA) is 46.1 Å². The minimum absolute atomic E-state index is 0. The van der Waals surface area contributed by atoms with Gasteiger partial charge in [0.25, 0.3) is 0 Å². The third-order valence-corrected chi connectivity index (χ3v) is 2.84. The zero-order valence-corrected chi connectivity index (χ0v) is 13.7. The zero-order valence-electron chi connectivity index (χ0n) is 12.6. The predicted molar refractivity (Wildman–Crippen MR) is 80.3 cm³/mol.